The Hall–Kier alpha value is -4.45. The van der Waals surface area contributed by atoms with Gasteiger partial charge < -0.3 is 59.8 Å². The van der Waals surface area contributed by atoms with E-state index < -0.39 is 54.0 Å². The van der Waals surface area contributed by atoms with Gasteiger partial charge in [-0.15, -0.1) is 0 Å². The summed E-state index contributed by atoms with van der Waals surface area (Å²) in [6.45, 7) is 1.68. The topological polar surface area (TPSA) is 328 Å². The summed E-state index contributed by atoms with van der Waals surface area (Å²) in [4.78, 5) is 64.7. The fraction of sp³-hybridized carbons (Fsp3) is 0.591. The standard InChI is InChI=1S/C22H40N12O6/c1-11(35)16(34-17(36)13(23)4-2-6-29-21(24)25)19(38)33-15(8-12-9-28-10-31-12)18(37)32-14(20(39)40)5-3-7-30-22(26)27/h9-11,13-16,35H,2-8,23H2,1H3,(H,28,31)(H,32,37)(H,33,38)(H,34,36)(H,39,40)(H4,24,25,29)(H4,26,27,30). The minimum Gasteiger partial charge on any atom is -0.480 e. The van der Waals surface area contributed by atoms with Crippen molar-refractivity contribution in [2.45, 2.75) is 69.3 Å². The van der Waals surface area contributed by atoms with Crippen molar-refractivity contribution in [3.8, 4) is 0 Å². The molecular formula is C22H40N12O6. The van der Waals surface area contributed by atoms with E-state index in [1.807, 2.05) is 0 Å². The molecule has 0 aliphatic carbocycles. The molecule has 224 valence electrons. The van der Waals surface area contributed by atoms with Crippen molar-refractivity contribution in [1.82, 2.24) is 25.9 Å². The van der Waals surface area contributed by atoms with E-state index in [4.69, 9.17) is 28.7 Å². The summed E-state index contributed by atoms with van der Waals surface area (Å²) in [5.41, 5.74) is 27.4. The zero-order valence-electron chi connectivity index (χ0n) is 22.2. The van der Waals surface area contributed by atoms with Gasteiger partial charge in [-0.1, -0.05) is 0 Å². The fourth-order valence-electron chi connectivity index (χ4n) is 3.44. The van der Waals surface area contributed by atoms with Crippen LogP contribution in [0.25, 0.3) is 0 Å². The molecule has 0 aliphatic rings. The molecule has 40 heavy (non-hydrogen) atoms. The van der Waals surface area contributed by atoms with Gasteiger partial charge in [0, 0.05) is 31.4 Å². The van der Waals surface area contributed by atoms with Crippen molar-refractivity contribution in [3.05, 3.63) is 18.2 Å². The van der Waals surface area contributed by atoms with Crippen LogP contribution in [-0.4, -0.2) is 99.2 Å². The Balaban J connectivity index is 2.94. The van der Waals surface area contributed by atoms with Gasteiger partial charge in [0.25, 0.3) is 0 Å². The van der Waals surface area contributed by atoms with E-state index in [2.05, 4.69) is 35.9 Å². The van der Waals surface area contributed by atoms with Crippen LogP contribution in [0.3, 0.4) is 0 Å². The number of aliphatic hydroxyl groups is 1. The number of carbonyl (C=O) groups is 4. The zero-order valence-corrected chi connectivity index (χ0v) is 22.2. The zero-order chi connectivity index (χ0) is 30.2. The van der Waals surface area contributed by atoms with Gasteiger partial charge in [-0.2, -0.15) is 0 Å². The molecule has 5 atom stereocenters. The van der Waals surface area contributed by atoms with Crippen LogP contribution < -0.4 is 44.6 Å². The predicted molar refractivity (Wildman–Crippen MR) is 145 cm³/mol. The third kappa shape index (κ3) is 12.9. The van der Waals surface area contributed by atoms with Gasteiger partial charge in [0.05, 0.1) is 18.5 Å². The summed E-state index contributed by atoms with van der Waals surface area (Å²) in [6.07, 6.45) is 2.18. The lowest BCUT2D eigenvalue weighted by Gasteiger charge is -2.26. The Morgan fingerprint density at radius 2 is 1.50 bits per heavy atom. The van der Waals surface area contributed by atoms with E-state index in [0.29, 0.717) is 12.1 Å². The lowest BCUT2D eigenvalue weighted by Crippen LogP contribution is -2.60. The summed E-state index contributed by atoms with van der Waals surface area (Å²) in [5, 5.41) is 27.0. The molecule has 0 aromatic carbocycles. The lowest BCUT2D eigenvalue weighted by atomic mass is 10.1. The maximum absolute atomic E-state index is 13.1. The molecule has 18 heteroatoms. The lowest BCUT2D eigenvalue weighted by molar-refractivity contribution is -0.142. The SMILES string of the molecule is CC(O)C(NC(=O)C(N)CCCN=C(N)N)C(=O)NC(Cc1cnc[nH]1)C(=O)NC(CCCN=C(N)N)C(=O)O. The normalized spacial score (nSPS) is 14.5. The molecule has 1 aromatic heterocycles. The first-order chi connectivity index (χ1) is 18.8. The van der Waals surface area contributed by atoms with Gasteiger partial charge in [-0.25, -0.2) is 9.78 Å². The van der Waals surface area contributed by atoms with Crippen LogP contribution in [0.15, 0.2) is 22.5 Å². The minimum atomic E-state index is -1.47. The molecule has 0 aliphatic heterocycles. The first kappa shape index (κ1) is 33.6. The number of aliphatic carboxylic acids is 1. The number of imidazole rings is 1. The second-order valence-corrected chi connectivity index (χ2v) is 8.97. The molecule has 16 N–H and O–H groups in total. The van der Waals surface area contributed by atoms with Gasteiger partial charge in [-0.3, -0.25) is 24.4 Å². The maximum Gasteiger partial charge on any atom is 0.326 e. The summed E-state index contributed by atoms with van der Waals surface area (Å²) >= 11 is 0. The van der Waals surface area contributed by atoms with E-state index in [9.17, 15) is 29.4 Å². The summed E-state index contributed by atoms with van der Waals surface area (Å²) in [6, 6.07) is -5.09. The number of carbonyl (C=O) groups excluding carboxylic acids is 3. The first-order valence-corrected chi connectivity index (χ1v) is 12.5. The molecule has 5 unspecified atom stereocenters. The van der Waals surface area contributed by atoms with Gasteiger partial charge in [0.1, 0.15) is 18.1 Å². The number of H-pyrrole nitrogens is 1. The Morgan fingerprint density at radius 1 is 0.925 bits per heavy atom. The summed E-state index contributed by atoms with van der Waals surface area (Å²) in [5.74, 6) is -3.97. The molecule has 0 fully saturated rings. The smallest absolute Gasteiger partial charge is 0.326 e. The van der Waals surface area contributed by atoms with Crippen molar-refractivity contribution in [1.29, 1.82) is 0 Å². The highest BCUT2D eigenvalue weighted by Gasteiger charge is 2.32. The van der Waals surface area contributed by atoms with Crippen LogP contribution in [0.5, 0.6) is 0 Å². The van der Waals surface area contributed by atoms with E-state index in [1.54, 1.807) is 0 Å². The van der Waals surface area contributed by atoms with Crippen molar-refractivity contribution >= 4 is 35.6 Å². The Bertz CT molecular complexity index is 1020. The number of rotatable bonds is 18. The van der Waals surface area contributed by atoms with E-state index in [1.165, 1.54) is 19.4 Å². The Kier molecular flexibility index (Phi) is 14.4. The Labute approximate surface area is 230 Å². The summed E-state index contributed by atoms with van der Waals surface area (Å²) < 4.78 is 0. The Morgan fingerprint density at radius 3 is 2.00 bits per heavy atom. The maximum atomic E-state index is 13.1. The molecule has 1 aromatic rings. The summed E-state index contributed by atoms with van der Waals surface area (Å²) in [7, 11) is 0. The minimum absolute atomic E-state index is 0.00993. The predicted octanol–water partition coefficient (Wildman–Crippen LogP) is -4.69. The number of nitrogens with one attached hydrogen (secondary N) is 4. The number of amides is 3. The van der Waals surface area contributed by atoms with Crippen LogP contribution in [0, 0.1) is 0 Å². The largest absolute Gasteiger partial charge is 0.480 e. The highest BCUT2D eigenvalue weighted by atomic mass is 16.4. The van der Waals surface area contributed by atoms with Gasteiger partial charge in [-0.05, 0) is 32.6 Å². The average molecular weight is 569 g/mol. The number of nitrogens with zero attached hydrogens (tertiary/aromatic N) is 3. The third-order valence-electron chi connectivity index (χ3n) is 5.54. The number of aliphatic hydroxyl groups excluding tert-OH is 1. The monoisotopic (exact) mass is 568 g/mol. The average Bonchev–Trinajstić information content (AvgIpc) is 3.38. The van der Waals surface area contributed by atoms with E-state index in [0.717, 1.165) is 0 Å². The number of carboxylic acids is 1. The van der Waals surface area contributed by atoms with E-state index >= 15 is 0 Å². The second kappa shape index (κ2) is 17.2. The number of hydrogen-bond acceptors (Lipinski definition) is 9. The van der Waals surface area contributed by atoms with Crippen LogP contribution in [0.1, 0.15) is 38.3 Å². The molecular weight excluding hydrogens is 528 g/mol. The van der Waals surface area contributed by atoms with Gasteiger partial charge >= 0.3 is 5.97 Å². The van der Waals surface area contributed by atoms with Gasteiger partial charge in [0.15, 0.2) is 11.9 Å². The van der Waals surface area contributed by atoms with Crippen LogP contribution in [0.4, 0.5) is 0 Å². The molecule has 1 heterocycles. The number of nitrogens with two attached hydrogens (primary N) is 5. The quantitative estimate of drug-likeness (QED) is 0.0452. The van der Waals surface area contributed by atoms with Crippen molar-refractivity contribution in [3.63, 3.8) is 0 Å². The molecule has 0 saturated heterocycles. The van der Waals surface area contributed by atoms with Crippen molar-refractivity contribution < 1.29 is 29.4 Å². The number of aliphatic imine (C=N–C) groups is 2. The van der Waals surface area contributed by atoms with Crippen molar-refractivity contribution in [2.24, 2.45) is 38.7 Å². The molecule has 0 spiro atoms. The molecule has 0 saturated carbocycles. The van der Waals surface area contributed by atoms with Crippen LogP contribution >= 0.6 is 0 Å². The number of carboxylic acid groups (broad SMARTS) is 1. The van der Waals surface area contributed by atoms with Crippen LogP contribution in [-0.2, 0) is 25.6 Å². The molecule has 0 radical (unpaired) electrons. The third-order valence-corrected chi connectivity index (χ3v) is 5.54. The highest BCUT2D eigenvalue weighted by Crippen LogP contribution is 2.05. The van der Waals surface area contributed by atoms with E-state index in [-0.39, 0.29) is 50.7 Å². The highest BCUT2D eigenvalue weighted by molar-refractivity contribution is 5.94. The van der Waals surface area contributed by atoms with Crippen molar-refractivity contribution in [2.75, 3.05) is 13.1 Å². The number of aromatic amines is 1. The molecule has 18 nitrogen and oxygen atoms in total. The molecule has 3 amide bonds. The first-order valence-electron chi connectivity index (χ1n) is 12.5. The number of guanidine groups is 2. The fourth-order valence-corrected chi connectivity index (χ4v) is 3.44. The number of aromatic nitrogens is 2. The number of hydrogen-bond donors (Lipinski definition) is 11. The second-order valence-electron chi connectivity index (χ2n) is 8.97. The van der Waals surface area contributed by atoms with Crippen LogP contribution in [0.2, 0.25) is 0 Å². The van der Waals surface area contributed by atoms with Gasteiger partial charge in [0.2, 0.25) is 17.7 Å². The molecule has 0 bridgehead atoms. The molecule has 1 rings (SSSR count).